The first-order chi connectivity index (χ1) is 10.2. The zero-order valence-electron chi connectivity index (χ0n) is 12.5. The van der Waals surface area contributed by atoms with E-state index < -0.39 is 0 Å². The predicted molar refractivity (Wildman–Crippen MR) is 89.5 cm³/mol. The number of carbonyl (C=O) groups excluding carboxylic acids is 2. The summed E-state index contributed by atoms with van der Waals surface area (Å²) in [6.07, 6.45) is 3.99. The van der Waals surface area contributed by atoms with Crippen molar-refractivity contribution in [3.63, 3.8) is 0 Å². The Labute approximate surface area is 136 Å². The number of halogens is 1. The summed E-state index contributed by atoms with van der Waals surface area (Å²) < 4.78 is 0. The van der Waals surface area contributed by atoms with Gasteiger partial charge in [0.1, 0.15) is 0 Å². The van der Waals surface area contributed by atoms with Crippen molar-refractivity contribution in [2.24, 2.45) is 5.92 Å². The van der Waals surface area contributed by atoms with Crippen molar-refractivity contribution in [3.8, 4) is 0 Å². The van der Waals surface area contributed by atoms with Crippen LogP contribution in [0.3, 0.4) is 0 Å². The van der Waals surface area contributed by atoms with Crippen molar-refractivity contribution in [1.29, 1.82) is 0 Å². The highest BCUT2D eigenvalue weighted by molar-refractivity contribution is 5.95. The molecule has 1 aromatic rings. The van der Waals surface area contributed by atoms with Crippen molar-refractivity contribution in [2.75, 3.05) is 23.7 Å². The number of amides is 2. The molecule has 0 unspecified atom stereocenters. The number of fused-ring (bicyclic) bond motifs is 1. The van der Waals surface area contributed by atoms with Crippen molar-refractivity contribution in [1.82, 2.24) is 5.32 Å². The summed E-state index contributed by atoms with van der Waals surface area (Å²) in [4.78, 5) is 23.4. The minimum Gasteiger partial charge on any atom is -0.326 e. The standard InChI is InChI=1S/C16H21N3O2.ClH/c20-15-4-1-12-10-13(2-3-14(12)19-15)18-16(21)9-11-5-7-17-8-6-11;/h2-3,10-11,17H,1,4-9H2,(H,18,21)(H,19,20);1H. The zero-order chi connectivity index (χ0) is 14.7. The molecule has 3 N–H and O–H groups in total. The molecule has 1 fully saturated rings. The first kappa shape index (κ1) is 16.8. The van der Waals surface area contributed by atoms with Gasteiger partial charge in [-0.25, -0.2) is 0 Å². The molecule has 2 heterocycles. The van der Waals surface area contributed by atoms with Gasteiger partial charge >= 0.3 is 0 Å². The molecular formula is C16H22ClN3O2. The molecule has 6 heteroatoms. The Balaban J connectivity index is 0.00000176. The van der Waals surface area contributed by atoms with E-state index in [1.807, 2.05) is 18.2 Å². The van der Waals surface area contributed by atoms with Gasteiger partial charge in [0.2, 0.25) is 11.8 Å². The number of nitrogens with one attached hydrogen (secondary N) is 3. The Bertz CT molecular complexity index is 556. The number of benzene rings is 1. The van der Waals surface area contributed by atoms with E-state index >= 15 is 0 Å². The quantitative estimate of drug-likeness (QED) is 0.799. The Morgan fingerprint density at radius 1 is 1.23 bits per heavy atom. The molecule has 0 aromatic heterocycles. The molecule has 1 aromatic carbocycles. The SMILES string of the molecule is Cl.O=C(CC1CCNCC1)Nc1ccc2c(c1)CCC(=O)N2. The van der Waals surface area contributed by atoms with E-state index in [1.54, 1.807) is 0 Å². The molecule has 0 bridgehead atoms. The predicted octanol–water partition coefficient (Wildman–Crippen LogP) is 2.32. The van der Waals surface area contributed by atoms with Gasteiger partial charge in [-0.1, -0.05) is 0 Å². The van der Waals surface area contributed by atoms with Gasteiger partial charge in [-0.05, 0) is 62.0 Å². The average Bonchev–Trinajstić information content (AvgIpc) is 2.48. The van der Waals surface area contributed by atoms with E-state index in [0.717, 1.165) is 49.3 Å². The summed E-state index contributed by atoms with van der Waals surface area (Å²) in [6.45, 7) is 2.02. The van der Waals surface area contributed by atoms with Crippen LogP contribution in [0.1, 0.15) is 31.2 Å². The van der Waals surface area contributed by atoms with Gasteiger partial charge in [-0.3, -0.25) is 9.59 Å². The molecule has 120 valence electrons. The Morgan fingerprint density at radius 3 is 2.77 bits per heavy atom. The number of hydrogen-bond acceptors (Lipinski definition) is 3. The number of aryl methyl sites for hydroxylation is 1. The molecule has 0 spiro atoms. The molecule has 1 saturated heterocycles. The van der Waals surface area contributed by atoms with E-state index in [9.17, 15) is 9.59 Å². The highest BCUT2D eigenvalue weighted by Crippen LogP contribution is 2.26. The Morgan fingerprint density at radius 2 is 2.00 bits per heavy atom. The summed E-state index contributed by atoms with van der Waals surface area (Å²) in [5.74, 6) is 0.634. The van der Waals surface area contributed by atoms with Crippen LogP contribution in [0, 0.1) is 5.92 Å². The summed E-state index contributed by atoms with van der Waals surface area (Å²) >= 11 is 0. The van der Waals surface area contributed by atoms with Gasteiger partial charge < -0.3 is 16.0 Å². The zero-order valence-corrected chi connectivity index (χ0v) is 13.3. The van der Waals surface area contributed by atoms with Crippen LogP contribution in [0.5, 0.6) is 0 Å². The van der Waals surface area contributed by atoms with Crippen LogP contribution >= 0.6 is 12.4 Å². The van der Waals surface area contributed by atoms with E-state index in [4.69, 9.17) is 0 Å². The van der Waals surface area contributed by atoms with E-state index in [-0.39, 0.29) is 24.2 Å². The molecule has 0 atom stereocenters. The fourth-order valence-electron chi connectivity index (χ4n) is 3.02. The summed E-state index contributed by atoms with van der Waals surface area (Å²) in [5, 5.41) is 9.14. The molecule has 2 aliphatic rings. The largest absolute Gasteiger partial charge is 0.326 e. The molecule has 2 amide bonds. The molecule has 0 saturated carbocycles. The van der Waals surface area contributed by atoms with Crippen LogP contribution in [-0.2, 0) is 16.0 Å². The van der Waals surface area contributed by atoms with Crippen LogP contribution in [0.15, 0.2) is 18.2 Å². The highest BCUT2D eigenvalue weighted by Gasteiger charge is 2.18. The molecular weight excluding hydrogens is 302 g/mol. The lowest BCUT2D eigenvalue weighted by Gasteiger charge is -2.22. The minimum atomic E-state index is 0. The smallest absolute Gasteiger partial charge is 0.224 e. The van der Waals surface area contributed by atoms with Crippen molar-refractivity contribution >= 4 is 35.6 Å². The maximum atomic E-state index is 12.1. The number of rotatable bonds is 3. The summed E-state index contributed by atoms with van der Waals surface area (Å²) in [5.41, 5.74) is 2.78. The molecule has 2 aliphatic heterocycles. The third-order valence-electron chi connectivity index (χ3n) is 4.22. The lowest BCUT2D eigenvalue weighted by molar-refractivity contribution is -0.117. The first-order valence-corrected chi connectivity index (χ1v) is 7.64. The lowest BCUT2D eigenvalue weighted by Crippen LogP contribution is -2.30. The second kappa shape index (κ2) is 7.61. The third kappa shape index (κ3) is 4.21. The van der Waals surface area contributed by atoms with Gasteiger partial charge in [0.15, 0.2) is 0 Å². The first-order valence-electron chi connectivity index (χ1n) is 7.64. The summed E-state index contributed by atoms with van der Waals surface area (Å²) in [6, 6.07) is 5.69. The molecule has 5 nitrogen and oxygen atoms in total. The van der Waals surface area contributed by atoms with Crippen molar-refractivity contribution in [3.05, 3.63) is 23.8 Å². The molecule has 0 aliphatic carbocycles. The van der Waals surface area contributed by atoms with Crippen LogP contribution in [0.2, 0.25) is 0 Å². The average molecular weight is 324 g/mol. The van der Waals surface area contributed by atoms with Crippen LogP contribution in [-0.4, -0.2) is 24.9 Å². The monoisotopic (exact) mass is 323 g/mol. The molecule has 0 radical (unpaired) electrons. The van der Waals surface area contributed by atoms with Crippen LogP contribution in [0.4, 0.5) is 11.4 Å². The highest BCUT2D eigenvalue weighted by atomic mass is 35.5. The van der Waals surface area contributed by atoms with Gasteiger partial charge in [0, 0.05) is 24.2 Å². The van der Waals surface area contributed by atoms with Crippen molar-refractivity contribution in [2.45, 2.75) is 32.1 Å². The fraction of sp³-hybridized carbons (Fsp3) is 0.500. The molecule has 3 rings (SSSR count). The van der Waals surface area contributed by atoms with E-state index in [1.165, 1.54) is 0 Å². The Kier molecular flexibility index (Phi) is 5.80. The Hall–Kier alpha value is -1.59. The van der Waals surface area contributed by atoms with Gasteiger partial charge in [0.05, 0.1) is 0 Å². The van der Waals surface area contributed by atoms with E-state index in [2.05, 4.69) is 16.0 Å². The minimum absolute atomic E-state index is 0. The second-order valence-corrected chi connectivity index (χ2v) is 5.87. The second-order valence-electron chi connectivity index (χ2n) is 5.87. The fourth-order valence-corrected chi connectivity index (χ4v) is 3.02. The van der Waals surface area contributed by atoms with Gasteiger partial charge in [-0.2, -0.15) is 0 Å². The number of anilines is 2. The third-order valence-corrected chi connectivity index (χ3v) is 4.22. The number of carbonyl (C=O) groups is 2. The van der Waals surface area contributed by atoms with Crippen LogP contribution < -0.4 is 16.0 Å². The topological polar surface area (TPSA) is 70.2 Å². The van der Waals surface area contributed by atoms with E-state index in [0.29, 0.717) is 18.8 Å². The van der Waals surface area contributed by atoms with Gasteiger partial charge in [0.25, 0.3) is 0 Å². The van der Waals surface area contributed by atoms with Gasteiger partial charge in [-0.15, -0.1) is 12.4 Å². The number of piperidine rings is 1. The maximum Gasteiger partial charge on any atom is 0.224 e. The lowest BCUT2D eigenvalue weighted by atomic mass is 9.94. The summed E-state index contributed by atoms with van der Waals surface area (Å²) in [7, 11) is 0. The normalized spacial score (nSPS) is 17.9. The maximum absolute atomic E-state index is 12.1. The van der Waals surface area contributed by atoms with Crippen LogP contribution in [0.25, 0.3) is 0 Å². The molecule has 22 heavy (non-hydrogen) atoms. The number of hydrogen-bond donors (Lipinski definition) is 3. The van der Waals surface area contributed by atoms with Crippen molar-refractivity contribution < 1.29 is 9.59 Å².